The third-order valence-corrected chi connectivity index (χ3v) is 3.95. The van der Waals surface area contributed by atoms with E-state index in [9.17, 15) is 18.0 Å². The lowest BCUT2D eigenvalue weighted by Crippen LogP contribution is -2.29. The minimum Gasteiger partial charge on any atom is -0.338 e. The Morgan fingerprint density at radius 1 is 1.05 bits per heavy atom. The van der Waals surface area contributed by atoms with E-state index >= 15 is 0 Å². The molecule has 1 amide bonds. The maximum atomic E-state index is 13.7. The van der Waals surface area contributed by atoms with Gasteiger partial charge in [0.1, 0.15) is 17.5 Å². The summed E-state index contributed by atoms with van der Waals surface area (Å²) in [5.74, 6) is -2.23. The molecule has 22 heavy (non-hydrogen) atoms. The molecule has 114 valence electrons. The van der Waals surface area contributed by atoms with Gasteiger partial charge < -0.3 is 4.90 Å². The Hall–Kier alpha value is -2.30. The van der Waals surface area contributed by atoms with Gasteiger partial charge in [-0.3, -0.25) is 4.79 Å². The first kappa shape index (κ1) is 14.6. The van der Waals surface area contributed by atoms with Crippen LogP contribution in [0, 0.1) is 17.5 Å². The van der Waals surface area contributed by atoms with Crippen LogP contribution < -0.4 is 0 Å². The fourth-order valence-corrected chi connectivity index (χ4v) is 2.81. The molecule has 2 nitrogen and oxygen atoms in total. The molecular weight excluding hydrogens is 291 g/mol. The van der Waals surface area contributed by atoms with Gasteiger partial charge in [-0.15, -0.1) is 0 Å². The van der Waals surface area contributed by atoms with Crippen molar-refractivity contribution in [1.29, 1.82) is 0 Å². The second-order valence-corrected chi connectivity index (χ2v) is 5.42. The number of benzene rings is 2. The Morgan fingerprint density at radius 2 is 1.82 bits per heavy atom. The van der Waals surface area contributed by atoms with Gasteiger partial charge in [-0.2, -0.15) is 0 Å². The lowest BCUT2D eigenvalue weighted by Gasteiger charge is -2.17. The molecule has 1 unspecified atom stereocenters. The van der Waals surface area contributed by atoms with Crippen LogP contribution in [0.3, 0.4) is 0 Å². The topological polar surface area (TPSA) is 20.3 Å². The Bertz CT molecular complexity index is 717. The van der Waals surface area contributed by atoms with Crippen molar-refractivity contribution in [3.8, 4) is 0 Å². The molecule has 1 aliphatic heterocycles. The number of carbonyl (C=O) groups excluding carboxylic acids is 1. The van der Waals surface area contributed by atoms with Gasteiger partial charge in [-0.1, -0.05) is 12.1 Å². The lowest BCUT2D eigenvalue weighted by molar-refractivity contribution is 0.0785. The zero-order valence-electron chi connectivity index (χ0n) is 11.7. The molecule has 0 radical (unpaired) electrons. The highest BCUT2D eigenvalue weighted by molar-refractivity contribution is 5.94. The summed E-state index contributed by atoms with van der Waals surface area (Å²) in [5, 5.41) is 0. The number of amides is 1. The zero-order chi connectivity index (χ0) is 15.7. The molecule has 1 aliphatic rings. The summed E-state index contributed by atoms with van der Waals surface area (Å²) in [6.07, 6.45) is 0.673. The zero-order valence-corrected chi connectivity index (χ0v) is 11.7. The SMILES string of the molecule is O=C(c1cc(F)ccc1F)N1CCC(c2cccc(F)c2)C1. The van der Waals surface area contributed by atoms with Crippen molar-refractivity contribution >= 4 is 5.91 Å². The molecule has 1 fully saturated rings. The first-order valence-electron chi connectivity index (χ1n) is 7.04. The Labute approximate surface area is 126 Å². The summed E-state index contributed by atoms with van der Waals surface area (Å²) in [7, 11) is 0. The minimum atomic E-state index is -0.736. The normalized spacial score (nSPS) is 17.8. The van der Waals surface area contributed by atoms with Crippen molar-refractivity contribution in [3.63, 3.8) is 0 Å². The fourth-order valence-electron chi connectivity index (χ4n) is 2.81. The molecule has 0 bridgehead atoms. The average molecular weight is 305 g/mol. The van der Waals surface area contributed by atoms with Crippen LogP contribution in [-0.2, 0) is 0 Å². The van der Waals surface area contributed by atoms with E-state index in [2.05, 4.69) is 0 Å². The van der Waals surface area contributed by atoms with Gasteiger partial charge in [-0.25, -0.2) is 13.2 Å². The molecule has 5 heteroatoms. The quantitative estimate of drug-likeness (QED) is 0.828. The fraction of sp³-hybridized carbons (Fsp3) is 0.235. The number of likely N-dealkylation sites (tertiary alicyclic amines) is 1. The second-order valence-electron chi connectivity index (χ2n) is 5.42. The van der Waals surface area contributed by atoms with E-state index in [0.717, 1.165) is 23.8 Å². The van der Waals surface area contributed by atoms with Crippen molar-refractivity contribution in [1.82, 2.24) is 4.90 Å². The summed E-state index contributed by atoms with van der Waals surface area (Å²) in [6, 6.07) is 9.08. The Morgan fingerprint density at radius 3 is 2.59 bits per heavy atom. The van der Waals surface area contributed by atoms with Gasteiger partial charge in [0.2, 0.25) is 0 Å². The van der Waals surface area contributed by atoms with Gasteiger partial charge in [0, 0.05) is 19.0 Å². The Kier molecular flexibility index (Phi) is 3.88. The first-order valence-corrected chi connectivity index (χ1v) is 7.04. The monoisotopic (exact) mass is 305 g/mol. The lowest BCUT2D eigenvalue weighted by atomic mass is 9.98. The maximum absolute atomic E-state index is 13.7. The van der Waals surface area contributed by atoms with E-state index in [4.69, 9.17) is 0 Å². The molecule has 0 spiro atoms. The molecule has 0 aromatic heterocycles. The van der Waals surface area contributed by atoms with Crippen LogP contribution in [0.1, 0.15) is 28.3 Å². The highest BCUT2D eigenvalue weighted by Gasteiger charge is 2.29. The predicted octanol–water partition coefficient (Wildman–Crippen LogP) is 3.73. The number of nitrogens with zero attached hydrogens (tertiary/aromatic N) is 1. The van der Waals surface area contributed by atoms with Crippen LogP contribution in [-0.4, -0.2) is 23.9 Å². The van der Waals surface area contributed by atoms with Gasteiger partial charge in [-0.05, 0) is 42.3 Å². The van der Waals surface area contributed by atoms with E-state index in [1.165, 1.54) is 17.0 Å². The predicted molar refractivity (Wildman–Crippen MR) is 76.0 cm³/mol. The minimum absolute atomic E-state index is 0.0104. The van der Waals surface area contributed by atoms with E-state index < -0.39 is 17.5 Å². The van der Waals surface area contributed by atoms with Crippen LogP contribution in [0.5, 0.6) is 0 Å². The van der Waals surface area contributed by atoms with Crippen LogP contribution in [0.4, 0.5) is 13.2 Å². The third-order valence-electron chi connectivity index (χ3n) is 3.95. The van der Waals surface area contributed by atoms with Crippen molar-refractivity contribution in [2.24, 2.45) is 0 Å². The van der Waals surface area contributed by atoms with Crippen molar-refractivity contribution < 1.29 is 18.0 Å². The van der Waals surface area contributed by atoms with E-state index in [1.807, 2.05) is 6.07 Å². The highest BCUT2D eigenvalue weighted by Crippen LogP contribution is 2.29. The van der Waals surface area contributed by atoms with Gasteiger partial charge >= 0.3 is 0 Å². The summed E-state index contributed by atoms with van der Waals surface area (Å²) in [5.41, 5.74) is 0.551. The molecular formula is C17H14F3NO. The molecule has 1 saturated heterocycles. The van der Waals surface area contributed by atoms with Crippen LogP contribution in [0.15, 0.2) is 42.5 Å². The molecule has 1 atom stereocenters. The second kappa shape index (κ2) is 5.83. The van der Waals surface area contributed by atoms with Gasteiger partial charge in [0.25, 0.3) is 5.91 Å². The molecule has 0 aliphatic carbocycles. The third kappa shape index (κ3) is 2.84. The number of hydrogen-bond donors (Lipinski definition) is 0. The van der Waals surface area contributed by atoms with E-state index in [-0.39, 0.29) is 17.3 Å². The standard InChI is InChI=1S/C17H14F3NO/c18-13-3-1-2-11(8-13)12-6-7-21(10-12)17(22)15-9-14(19)4-5-16(15)20/h1-5,8-9,12H,6-7,10H2. The van der Waals surface area contributed by atoms with Gasteiger partial charge in [0.15, 0.2) is 0 Å². The van der Waals surface area contributed by atoms with Crippen molar-refractivity contribution in [2.75, 3.05) is 13.1 Å². The van der Waals surface area contributed by atoms with Gasteiger partial charge in [0.05, 0.1) is 5.56 Å². The molecule has 0 saturated carbocycles. The van der Waals surface area contributed by atoms with E-state index in [0.29, 0.717) is 19.5 Å². The first-order chi connectivity index (χ1) is 10.5. The highest BCUT2D eigenvalue weighted by atomic mass is 19.1. The van der Waals surface area contributed by atoms with E-state index in [1.54, 1.807) is 6.07 Å². The molecule has 3 rings (SSSR count). The maximum Gasteiger partial charge on any atom is 0.256 e. The average Bonchev–Trinajstić information content (AvgIpc) is 2.99. The van der Waals surface area contributed by atoms with Crippen molar-refractivity contribution in [2.45, 2.75) is 12.3 Å². The number of carbonyl (C=O) groups is 1. The van der Waals surface area contributed by atoms with Crippen LogP contribution in [0.2, 0.25) is 0 Å². The smallest absolute Gasteiger partial charge is 0.256 e. The van der Waals surface area contributed by atoms with Crippen LogP contribution >= 0.6 is 0 Å². The number of rotatable bonds is 2. The Balaban J connectivity index is 1.77. The summed E-state index contributed by atoms with van der Waals surface area (Å²) >= 11 is 0. The molecule has 2 aromatic carbocycles. The summed E-state index contributed by atoms with van der Waals surface area (Å²) in [6.45, 7) is 0.814. The largest absolute Gasteiger partial charge is 0.338 e. The van der Waals surface area contributed by atoms with Crippen LogP contribution in [0.25, 0.3) is 0 Å². The molecule has 2 aromatic rings. The number of halogens is 3. The molecule has 0 N–H and O–H groups in total. The van der Waals surface area contributed by atoms with Crippen molar-refractivity contribution in [3.05, 3.63) is 71.0 Å². The summed E-state index contributed by atoms with van der Waals surface area (Å²) in [4.78, 5) is 13.8. The molecule has 1 heterocycles. The summed E-state index contributed by atoms with van der Waals surface area (Å²) < 4.78 is 40.2. The number of hydrogen-bond acceptors (Lipinski definition) is 1.